The molecule has 2 aromatic carbocycles. The van der Waals surface area contributed by atoms with E-state index in [1.807, 2.05) is 30.3 Å². The molecule has 45 heavy (non-hydrogen) atoms. The van der Waals surface area contributed by atoms with E-state index < -0.39 is 22.0 Å². The number of fused-ring (bicyclic) bond motifs is 2. The number of unbranched alkanes of at least 4 members (excludes halogenated alkanes) is 1. The minimum Gasteiger partial charge on any atom is -0.481 e. The van der Waals surface area contributed by atoms with Crippen molar-refractivity contribution in [2.45, 2.75) is 82.6 Å². The number of nitrogens with zero attached hydrogens (tertiary/aromatic N) is 2. The molecule has 244 valence electrons. The van der Waals surface area contributed by atoms with E-state index in [1.54, 1.807) is 11.0 Å². The van der Waals surface area contributed by atoms with Gasteiger partial charge in [-0.2, -0.15) is 4.72 Å². The molecule has 1 saturated heterocycles. The third kappa shape index (κ3) is 8.39. The maximum Gasteiger partial charge on any atom is 0.303 e. The van der Waals surface area contributed by atoms with Gasteiger partial charge >= 0.3 is 5.97 Å². The van der Waals surface area contributed by atoms with Crippen molar-refractivity contribution in [3.05, 3.63) is 52.5 Å². The summed E-state index contributed by atoms with van der Waals surface area (Å²) in [6, 6.07) is 10.3. The molecule has 0 spiro atoms. The Hall–Kier alpha value is -3.09. The molecule has 5 rings (SSSR count). The fourth-order valence-electron chi connectivity index (χ4n) is 6.37. The van der Waals surface area contributed by atoms with Crippen LogP contribution in [-0.2, 0) is 38.9 Å². The Bertz CT molecular complexity index is 1600. The smallest absolute Gasteiger partial charge is 0.303 e. The first kappa shape index (κ1) is 33.3. The molecule has 1 aromatic heterocycles. The van der Waals surface area contributed by atoms with Gasteiger partial charge in [0, 0.05) is 32.5 Å². The van der Waals surface area contributed by atoms with Crippen LogP contribution in [0.5, 0.6) is 0 Å². The van der Waals surface area contributed by atoms with Crippen molar-refractivity contribution in [2.75, 3.05) is 31.6 Å². The van der Waals surface area contributed by atoms with Gasteiger partial charge in [-0.1, -0.05) is 32.0 Å². The predicted octanol–water partition coefficient (Wildman–Crippen LogP) is 5.58. The van der Waals surface area contributed by atoms with Crippen LogP contribution in [0.2, 0.25) is 0 Å². The normalized spacial score (nSPS) is 17.5. The Balaban J connectivity index is 1.45. The molecule has 9 nitrogen and oxygen atoms in total. The number of piperidine rings is 1. The van der Waals surface area contributed by atoms with Crippen molar-refractivity contribution in [1.82, 2.24) is 14.6 Å². The number of rotatable bonds is 13. The molecule has 2 aliphatic heterocycles. The molecule has 2 aliphatic rings. The molecule has 3 heterocycles. The van der Waals surface area contributed by atoms with Gasteiger partial charge in [0.2, 0.25) is 15.9 Å². The number of para-hydroxylation sites is 1. The van der Waals surface area contributed by atoms with Crippen LogP contribution >= 0.6 is 11.3 Å². The number of aromatic nitrogens is 1. The van der Waals surface area contributed by atoms with Gasteiger partial charge in [-0.25, -0.2) is 13.4 Å². The number of anilines is 1. The summed E-state index contributed by atoms with van der Waals surface area (Å²) in [7, 11) is -4.18. The molecule has 1 unspecified atom stereocenters. The van der Waals surface area contributed by atoms with Crippen LogP contribution in [0.1, 0.15) is 68.5 Å². The lowest BCUT2D eigenvalue weighted by Crippen LogP contribution is -2.51. The van der Waals surface area contributed by atoms with Crippen LogP contribution in [0.15, 0.2) is 41.3 Å². The van der Waals surface area contributed by atoms with Gasteiger partial charge < -0.3 is 15.3 Å². The predicted molar refractivity (Wildman–Crippen MR) is 175 cm³/mol. The summed E-state index contributed by atoms with van der Waals surface area (Å²) in [4.78, 5) is 31.5. The number of benzene rings is 2. The Labute approximate surface area is 268 Å². The van der Waals surface area contributed by atoms with E-state index in [1.165, 1.54) is 11.3 Å². The molecule has 0 bridgehead atoms. The summed E-state index contributed by atoms with van der Waals surface area (Å²) in [5.41, 5.74) is 2.99. The second-order valence-corrected chi connectivity index (χ2v) is 15.9. The molecule has 0 radical (unpaired) electrons. The highest BCUT2D eigenvalue weighted by molar-refractivity contribution is 7.89. The first-order valence-electron chi connectivity index (χ1n) is 15.8. The first-order chi connectivity index (χ1) is 21.4. The lowest BCUT2D eigenvalue weighted by atomic mass is 9.81. The second kappa shape index (κ2) is 14.1. The van der Waals surface area contributed by atoms with Crippen LogP contribution in [0.4, 0.5) is 10.1 Å². The Morgan fingerprint density at radius 1 is 1.20 bits per heavy atom. The standard InChI is InChI=1S/C33H43FN4O5S2/c1-33(2)20-24-17-23(7-3-6-10-30(39)40)18-28(31(24)35-21-33)45(42,43)37-26(19-29-36-25-8-4-5-9-27(25)44-29)32(41)38-15-12-22(11-14-34)13-16-38/h4-5,8-9,17-18,22,26,35,37H,3,6-7,10-16,19-21H2,1-2H3,(H,39,40). The maximum absolute atomic E-state index is 14.3. The van der Waals surface area contributed by atoms with Gasteiger partial charge in [-0.05, 0) is 85.6 Å². The van der Waals surface area contributed by atoms with E-state index in [9.17, 15) is 22.4 Å². The van der Waals surface area contributed by atoms with Crippen molar-refractivity contribution in [1.29, 1.82) is 0 Å². The number of nitrogens with one attached hydrogen (secondary N) is 2. The lowest BCUT2D eigenvalue weighted by Gasteiger charge is -2.35. The number of carbonyl (C=O) groups excluding carboxylic acids is 1. The minimum atomic E-state index is -4.18. The molecule has 1 amide bonds. The largest absolute Gasteiger partial charge is 0.481 e. The number of aliphatic carboxylic acids is 1. The fraction of sp³-hybridized carbons (Fsp3) is 0.545. The molecule has 3 aromatic rings. The molecule has 1 atom stereocenters. The van der Waals surface area contributed by atoms with Crippen LogP contribution in [0.25, 0.3) is 10.2 Å². The van der Waals surface area contributed by atoms with Gasteiger partial charge in [0.25, 0.3) is 0 Å². The number of hydrogen-bond acceptors (Lipinski definition) is 7. The van der Waals surface area contributed by atoms with E-state index in [2.05, 4.69) is 23.9 Å². The highest BCUT2D eigenvalue weighted by Gasteiger charge is 2.35. The van der Waals surface area contributed by atoms with Gasteiger partial charge in [0.05, 0.1) is 27.6 Å². The van der Waals surface area contributed by atoms with E-state index in [0.29, 0.717) is 75.3 Å². The van der Waals surface area contributed by atoms with Crippen molar-refractivity contribution in [3.63, 3.8) is 0 Å². The molecule has 3 N–H and O–H groups in total. The summed E-state index contributed by atoms with van der Waals surface area (Å²) in [5, 5.41) is 13.1. The number of carboxylic acid groups (broad SMARTS) is 1. The molecule has 12 heteroatoms. The summed E-state index contributed by atoms with van der Waals surface area (Å²) < 4.78 is 45.3. The SMILES string of the molecule is CC1(C)CNc2c(cc(CCCCC(=O)O)cc2S(=O)(=O)NC(Cc2nc3ccccc3s2)C(=O)N2CCC(CCF)CC2)C1. The summed E-state index contributed by atoms with van der Waals surface area (Å²) in [6.45, 7) is 5.38. The molecular weight excluding hydrogens is 616 g/mol. The number of alkyl halides is 1. The number of sulfonamides is 1. The van der Waals surface area contributed by atoms with Gasteiger partial charge in [-0.3, -0.25) is 14.0 Å². The highest BCUT2D eigenvalue weighted by Crippen LogP contribution is 2.38. The number of amides is 1. The summed E-state index contributed by atoms with van der Waals surface area (Å²) >= 11 is 1.44. The highest BCUT2D eigenvalue weighted by atomic mass is 32.2. The van der Waals surface area contributed by atoms with Crippen LogP contribution < -0.4 is 10.0 Å². The third-order valence-corrected chi connectivity index (χ3v) is 11.4. The average Bonchev–Trinajstić information content (AvgIpc) is 3.40. The van der Waals surface area contributed by atoms with E-state index >= 15 is 0 Å². The molecule has 1 fully saturated rings. The number of carbonyl (C=O) groups is 2. The van der Waals surface area contributed by atoms with E-state index in [-0.39, 0.29) is 41.7 Å². The topological polar surface area (TPSA) is 129 Å². The van der Waals surface area contributed by atoms with Crippen molar-refractivity contribution in [2.24, 2.45) is 11.3 Å². The lowest BCUT2D eigenvalue weighted by molar-refractivity contribution is -0.137. The molecule has 0 saturated carbocycles. The second-order valence-electron chi connectivity index (χ2n) is 13.1. The maximum atomic E-state index is 14.3. The quantitative estimate of drug-likeness (QED) is 0.205. The number of halogens is 1. The molecule has 0 aliphatic carbocycles. The first-order valence-corrected chi connectivity index (χ1v) is 18.1. The van der Waals surface area contributed by atoms with Crippen molar-refractivity contribution >= 4 is 49.1 Å². The van der Waals surface area contributed by atoms with E-state index in [4.69, 9.17) is 10.1 Å². The summed E-state index contributed by atoms with van der Waals surface area (Å²) in [5.74, 6) is -0.933. The Morgan fingerprint density at radius 2 is 1.96 bits per heavy atom. The zero-order valence-corrected chi connectivity index (χ0v) is 27.6. The van der Waals surface area contributed by atoms with Gasteiger partial charge in [0.15, 0.2) is 0 Å². The van der Waals surface area contributed by atoms with Gasteiger partial charge in [0.1, 0.15) is 10.9 Å². The summed E-state index contributed by atoms with van der Waals surface area (Å²) in [6.07, 6.45) is 4.37. The van der Waals surface area contributed by atoms with Crippen LogP contribution in [0.3, 0.4) is 0 Å². The van der Waals surface area contributed by atoms with Crippen molar-refractivity contribution < 1.29 is 27.5 Å². The number of aryl methyl sites for hydroxylation is 1. The Kier molecular flexibility index (Phi) is 10.4. The van der Waals surface area contributed by atoms with Gasteiger partial charge in [-0.15, -0.1) is 11.3 Å². The average molecular weight is 659 g/mol. The van der Waals surface area contributed by atoms with Crippen molar-refractivity contribution in [3.8, 4) is 0 Å². The zero-order chi connectivity index (χ0) is 32.2. The number of likely N-dealkylation sites (tertiary alicyclic amines) is 1. The zero-order valence-electron chi connectivity index (χ0n) is 26.0. The van der Waals surface area contributed by atoms with E-state index in [0.717, 1.165) is 21.3 Å². The monoisotopic (exact) mass is 658 g/mol. The number of thiazole rings is 1. The van der Waals surface area contributed by atoms with Crippen LogP contribution in [0, 0.1) is 11.3 Å². The number of carboxylic acids is 1. The molecular formula is C33H43FN4O5S2. The van der Waals surface area contributed by atoms with Crippen LogP contribution in [-0.4, -0.2) is 67.6 Å². The third-order valence-electron chi connectivity index (χ3n) is 8.81. The number of hydrogen-bond donors (Lipinski definition) is 3. The fourth-order valence-corrected chi connectivity index (χ4v) is 8.85. The minimum absolute atomic E-state index is 0.0623. The Morgan fingerprint density at radius 3 is 2.67 bits per heavy atom.